The number of hydrogen-bond acceptors (Lipinski definition) is 1. The highest BCUT2D eigenvalue weighted by Crippen LogP contribution is 2.21. The third kappa shape index (κ3) is 1.57. The van der Waals surface area contributed by atoms with Crippen molar-refractivity contribution < 1.29 is 0 Å². The lowest BCUT2D eigenvalue weighted by Crippen LogP contribution is -2.00. The minimum Gasteiger partial charge on any atom is -0.501 e. The maximum atomic E-state index is 5.94. The van der Waals surface area contributed by atoms with Crippen LogP contribution in [0.25, 0.3) is 0 Å². The molecule has 0 saturated carbocycles. The summed E-state index contributed by atoms with van der Waals surface area (Å²) in [4.78, 5) is 0. The standard InChI is InChI=1S/C7H11ClN2P/c1-4(8)6-5(2)10(3)9-7(6)11/h4,11H,1-3H3/q-1. The molecule has 0 spiro atoms. The highest BCUT2D eigenvalue weighted by atomic mass is 35.5. The molecule has 1 rings (SSSR count). The first-order chi connectivity index (χ1) is 5.04. The van der Waals surface area contributed by atoms with Crippen LogP contribution < -0.4 is 5.44 Å². The van der Waals surface area contributed by atoms with Gasteiger partial charge in [-0.1, -0.05) is 5.44 Å². The van der Waals surface area contributed by atoms with Crippen molar-refractivity contribution in [1.82, 2.24) is 9.78 Å². The average molecular weight is 190 g/mol. The molecule has 0 aliphatic rings. The third-order valence-electron chi connectivity index (χ3n) is 1.78. The van der Waals surface area contributed by atoms with E-state index >= 15 is 0 Å². The summed E-state index contributed by atoms with van der Waals surface area (Å²) in [6, 6.07) is 0. The van der Waals surface area contributed by atoms with E-state index in [0.717, 1.165) is 16.7 Å². The normalized spacial score (nSPS) is 13.5. The minimum atomic E-state index is 0.0104. The van der Waals surface area contributed by atoms with Gasteiger partial charge in [0, 0.05) is 12.7 Å². The van der Waals surface area contributed by atoms with E-state index in [9.17, 15) is 0 Å². The van der Waals surface area contributed by atoms with Gasteiger partial charge >= 0.3 is 0 Å². The van der Waals surface area contributed by atoms with Gasteiger partial charge in [-0.2, -0.15) is 0 Å². The van der Waals surface area contributed by atoms with Gasteiger partial charge in [-0.15, -0.1) is 11.6 Å². The molecule has 1 heterocycles. The maximum absolute atomic E-state index is 5.94. The molecular weight excluding hydrogens is 179 g/mol. The fourth-order valence-electron chi connectivity index (χ4n) is 1.10. The Bertz CT molecular complexity index is 268. The van der Waals surface area contributed by atoms with E-state index < -0.39 is 0 Å². The van der Waals surface area contributed by atoms with E-state index in [4.69, 9.17) is 11.6 Å². The third-order valence-corrected chi connectivity index (χ3v) is 2.37. The van der Waals surface area contributed by atoms with E-state index in [1.54, 1.807) is 0 Å². The first kappa shape index (κ1) is 9.02. The number of rotatable bonds is 1. The molecule has 11 heavy (non-hydrogen) atoms. The Kier molecular flexibility index (Phi) is 2.56. The Morgan fingerprint density at radius 1 is 1.64 bits per heavy atom. The maximum Gasteiger partial charge on any atom is 0.0567 e. The summed E-state index contributed by atoms with van der Waals surface area (Å²) in [5, 5.41) is 4.19. The van der Waals surface area contributed by atoms with Crippen molar-refractivity contribution in [3.05, 3.63) is 11.3 Å². The van der Waals surface area contributed by atoms with Crippen LogP contribution in [-0.2, 0) is 7.05 Å². The zero-order valence-corrected chi connectivity index (χ0v) is 8.61. The van der Waals surface area contributed by atoms with Crippen LogP contribution in [0.15, 0.2) is 0 Å². The number of aromatic nitrogens is 2. The molecule has 1 unspecified atom stereocenters. The second-order valence-electron chi connectivity index (χ2n) is 2.59. The van der Waals surface area contributed by atoms with Gasteiger partial charge in [0.25, 0.3) is 0 Å². The molecule has 1 aromatic rings. The van der Waals surface area contributed by atoms with Gasteiger partial charge < -0.3 is 9.24 Å². The molecular formula is C7H11ClN2P-. The lowest BCUT2D eigenvalue weighted by molar-refractivity contribution is 0.743. The van der Waals surface area contributed by atoms with Crippen LogP contribution >= 0.6 is 20.8 Å². The van der Waals surface area contributed by atoms with Gasteiger partial charge in [-0.05, 0) is 19.4 Å². The molecule has 4 heteroatoms. The van der Waals surface area contributed by atoms with Gasteiger partial charge in [0.2, 0.25) is 0 Å². The molecule has 1 atom stereocenters. The Balaban J connectivity index is 3.22. The number of aryl methyl sites for hydroxylation is 1. The molecule has 1 aromatic heterocycles. The van der Waals surface area contributed by atoms with Gasteiger partial charge in [0.05, 0.1) is 5.38 Å². The number of alkyl halides is 1. The summed E-state index contributed by atoms with van der Waals surface area (Å²) in [5.74, 6) is 0. The molecule has 62 valence electrons. The van der Waals surface area contributed by atoms with Crippen LogP contribution in [0.3, 0.4) is 0 Å². The van der Waals surface area contributed by atoms with Crippen molar-refractivity contribution >= 4 is 26.3 Å². The zero-order chi connectivity index (χ0) is 8.59. The smallest absolute Gasteiger partial charge is 0.0567 e. The van der Waals surface area contributed by atoms with E-state index in [2.05, 4.69) is 14.3 Å². The van der Waals surface area contributed by atoms with Crippen LogP contribution in [0.1, 0.15) is 23.6 Å². The summed E-state index contributed by atoms with van der Waals surface area (Å²) in [6.45, 7) is 3.94. The average Bonchev–Trinajstić information content (AvgIpc) is 2.07. The molecule has 0 N–H and O–H groups in total. The van der Waals surface area contributed by atoms with Crippen molar-refractivity contribution in [3.8, 4) is 0 Å². The van der Waals surface area contributed by atoms with Crippen LogP contribution in [0.2, 0.25) is 0 Å². The van der Waals surface area contributed by atoms with Gasteiger partial charge in [-0.3, -0.25) is 4.68 Å². The second kappa shape index (κ2) is 3.12. The van der Waals surface area contributed by atoms with Gasteiger partial charge in [-0.25, -0.2) is 5.10 Å². The Labute approximate surface area is 74.1 Å². The first-order valence-corrected chi connectivity index (χ1v) is 4.37. The SMILES string of the molecule is Cc1c(C(C)Cl)c([PH-])nn1C. The van der Waals surface area contributed by atoms with Crippen molar-refractivity contribution in [1.29, 1.82) is 0 Å². The van der Waals surface area contributed by atoms with E-state index in [1.807, 2.05) is 25.6 Å². The summed E-state index contributed by atoms with van der Waals surface area (Å²) in [7, 11) is 5.31. The number of halogens is 1. The predicted molar refractivity (Wildman–Crippen MR) is 50.2 cm³/mol. The molecule has 0 fully saturated rings. The fourth-order valence-corrected chi connectivity index (χ4v) is 2.00. The minimum absolute atomic E-state index is 0.0104. The largest absolute Gasteiger partial charge is 0.501 e. The van der Waals surface area contributed by atoms with Crippen LogP contribution in [0.5, 0.6) is 0 Å². The zero-order valence-electron chi connectivity index (χ0n) is 6.85. The summed E-state index contributed by atoms with van der Waals surface area (Å²) < 4.78 is 1.82. The molecule has 2 nitrogen and oxygen atoms in total. The van der Waals surface area contributed by atoms with Crippen molar-refractivity contribution in [2.45, 2.75) is 19.2 Å². The fraction of sp³-hybridized carbons (Fsp3) is 0.571. The van der Waals surface area contributed by atoms with Crippen molar-refractivity contribution in [3.63, 3.8) is 0 Å². The summed E-state index contributed by atoms with van der Waals surface area (Å²) in [6.07, 6.45) is 0. The number of nitrogens with zero attached hydrogens (tertiary/aromatic N) is 2. The molecule has 0 amide bonds. The van der Waals surface area contributed by atoms with E-state index in [1.165, 1.54) is 0 Å². The Hall–Kier alpha value is -0.0700. The topological polar surface area (TPSA) is 17.8 Å². The van der Waals surface area contributed by atoms with Crippen LogP contribution in [0, 0.1) is 6.92 Å². The molecule has 0 bridgehead atoms. The summed E-state index contributed by atoms with van der Waals surface area (Å²) >= 11 is 5.94. The molecule has 0 radical (unpaired) electrons. The Morgan fingerprint density at radius 3 is 2.36 bits per heavy atom. The highest BCUT2D eigenvalue weighted by molar-refractivity contribution is 7.27. The highest BCUT2D eigenvalue weighted by Gasteiger charge is 2.09. The Morgan fingerprint density at radius 2 is 2.18 bits per heavy atom. The van der Waals surface area contributed by atoms with Crippen molar-refractivity contribution in [2.24, 2.45) is 7.05 Å². The predicted octanol–water partition coefficient (Wildman–Crippen LogP) is 1.80. The molecule has 0 aromatic carbocycles. The van der Waals surface area contributed by atoms with Crippen molar-refractivity contribution in [2.75, 3.05) is 0 Å². The van der Waals surface area contributed by atoms with E-state index in [-0.39, 0.29) is 5.38 Å². The van der Waals surface area contributed by atoms with Gasteiger partial charge in [0.1, 0.15) is 0 Å². The quantitative estimate of drug-likeness (QED) is 0.487. The lowest BCUT2D eigenvalue weighted by atomic mass is 10.2. The van der Waals surface area contributed by atoms with Crippen LogP contribution in [0.4, 0.5) is 0 Å². The molecule has 0 aliphatic heterocycles. The second-order valence-corrected chi connectivity index (χ2v) is 3.72. The first-order valence-electron chi connectivity index (χ1n) is 3.43. The molecule has 0 aliphatic carbocycles. The monoisotopic (exact) mass is 189 g/mol. The summed E-state index contributed by atoms with van der Waals surface area (Å²) in [5.41, 5.74) is 3.02. The lowest BCUT2D eigenvalue weighted by Gasteiger charge is -2.06. The number of hydrogen-bond donors (Lipinski definition) is 0. The van der Waals surface area contributed by atoms with E-state index in [0.29, 0.717) is 0 Å². The van der Waals surface area contributed by atoms with Gasteiger partial charge in [0.15, 0.2) is 0 Å². The van der Waals surface area contributed by atoms with Crippen LogP contribution in [-0.4, -0.2) is 9.78 Å². The molecule has 0 saturated heterocycles.